The molecule has 1 aromatic carbocycles. The Bertz CT molecular complexity index is 472. The Hall–Kier alpha value is -1.55. The van der Waals surface area contributed by atoms with E-state index in [9.17, 15) is 4.79 Å². The monoisotopic (exact) mass is 290 g/mol. The lowest BCUT2D eigenvalue weighted by Crippen LogP contribution is -2.46. The van der Waals surface area contributed by atoms with Gasteiger partial charge in [-0.05, 0) is 24.0 Å². The number of nitrogens with zero attached hydrogens (tertiary/aromatic N) is 1. The first-order chi connectivity index (χ1) is 10.1. The van der Waals surface area contributed by atoms with Crippen molar-refractivity contribution in [3.63, 3.8) is 0 Å². The molecule has 1 atom stereocenters. The molecule has 1 aromatic rings. The van der Waals surface area contributed by atoms with E-state index in [1.165, 1.54) is 11.1 Å². The third-order valence-corrected chi connectivity index (χ3v) is 4.18. The summed E-state index contributed by atoms with van der Waals surface area (Å²) in [7, 11) is 1.83. The number of fused-ring (bicyclic) bond motifs is 1. The number of hydrogen-bond donors (Lipinski definition) is 1. The van der Waals surface area contributed by atoms with Crippen LogP contribution >= 0.6 is 0 Å². The van der Waals surface area contributed by atoms with Crippen molar-refractivity contribution in [3.8, 4) is 0 Å². The second-order valence-electron chi connectivity index (χ2n) is 5.75. The normalized spacial score (nSPS) is 17.4. The van der Waals surface area contributed by atoms with E-state index in [-0.39, 0.29) is 18.2 Å². The maximum Gasteiger partial charge on any atom is 0.317 e. The fourth-order valence-electron chi connectivity index (χ4n) is 2.69. The summed E-state index contributed by atoms with van der Waals surface area (Å²) in [5.41, 5.74) is 2.60. The molecule has 0 bridgehead atoms. The number of rotatable bonds is 5. The van der Waals surface area contributed by atoms with Gasteiger partial charge >= 0.3 is 6.03 Å². The quantitative estimate of drug-likeness (QED) is 0.906. The molecule has 116 valence electrons. The number of carbonyl (C=O) groups excluding carboxylic acids is 1. The molecule has 1 aliphatic heterocycles. The maximum absolute atomic E-state index is 12.1. The van der Waals surface area contributed by atoms with Crippen molar-refractivity contribution in [2.45, 2.75) is 51.9 Å². The number of carbonyl (C=O) groups is 1. The summed E-state index contributed by atoms with van der Waals surface area (Å²) in [6.45, 7) is 5.45. The lowest BCUT2D eigenvalue weighted by molar-refractivity contribution is 0.0148. The Balaban J connectivity index is 1.86. The Labute approximate surface area is 127 Å². The largest absolute Gasteiger partial charge is 0.371 e. The fourth-order valence-corrected chi connectivity index (χ4v) is 2.69. The molecule has 0 radical (unpaired) electrons. The molecule has 0 saturated carbocycles. The van der Waals surface area contributed by atoms with Gasteiger partial charge < -0.3 is 15.0 Å². The van der Waals surface area contributed by atoms with E-state index in [1.54, 1.807) is 4.90 Å². The first kappa shape index (κ1) is 15.8. The highest BCUT2D eigenvalue weighted by molar-refractivity contribution is 5.74. The highest BCUT2D eigenvalue weighted by Crippen LogP contribution is 2.20. The van der Waals surface area contributed by atoms with Crippen LogP contribution in [0.2, 0.25) is 0 Å². The molecule has 1 N–H and O–H groups in total. The van der Waals surface area contributed by atoms with E-state index in [0.717, 1.165) is 19.3 Å². The molecule has 1 unspecified atom stereocenters. The van der Waals surface area contributed by atoms with E-state index in [0.29, 0.717) is 13.2 Å². The van der Waals surface area contributed by atoms with Crippen molar-refractivity contribution in [1.29, 1.82) is 0 Å². The van der Waals surface area contributed by atoms with Gasteiger partial charge in [0.1, 0.15) is 0 Å². The summed E-state index contributed by atoms with van der Waals surface area (Å²) in [6, 6.07) is 8.60. The lowest BCUT2D eigenvalue weighted by Gasteiger charge is -2.30. The van der Waals surface area contributed by atoms with Crippen molar-refractivity contribution >= 4 is 6.03 Å². The maximum atomic E-state index is 12.1. The summed E-state index contributed by atoms with van der Waals surface area (Å²) in [5.74, 6) is 0. The number of nitrogens with one attached hydrogen (secondary N) is 1. The van der Waals surface area contributed by atoms with Crippen LogP contribution in [0.4, 0.5) is 4.79 Å². The molecule has 0 aromatic heterocycles. The van der Waals surface area contributed by atoms with Crippen LogP contribution in [0.3, 0.4) is 0 Å². The van der Waals surface area contributed by atoms with E-state index in [2.05, 4.69) is 37.4 Å². The zero-order valence-corrected chi connectivity index (χ0v) is 13.3. The molecule has 1 heterocycles. The first-order valence-electron chi connectivity index (χ1n) is 7.84. The average molecular weight is 290 g/mol. The van der Waals surface area contributed by atoms with Crippen LogP contribution in [0.5, 0.6) is 0 Å². The third-order valence-electron chi connectivity index (χ3n) is 4.18. The van der Waals surface area contributed by atoms with Gasteiger partial charge in [-0.15, -0.1) is 0 Å². The number of benzene rings is 1. The molecular weight excluding hydrogens is 264 g/mol. The van der Waals surface area contributed by atoms with Crippen molar-refractivity contribution in [2.75, 3.05) is 13.6 Å². The van der Waals surface area contributed by atoms with Crippen LogP contribution in [0.1, 0.15) is 37.8 Å². The minimum absolute atomic E-state index is 0.00819. The smallest absolute Gasteiger partial charge is 0.317 e. The third kappa shape index (κ3) is 4.21. The summed E-state index contributed by atoms with van der Waals surface area (Å²) in [5, 5.41) is 3.06. The first-order valence-corrected chi connectivity index (χ1v) is 7.84. The van der Waals surface area contributed by atoms with Crippen LogP contribution in [0, 0.1) is 0 Å². The summed E-state index contributed by atoms with van der Waals surface area (Å²) >= 11 is 0. The molecule has 2 rings (SSSR count). The summed E-state index contributed by atoms with van der Waals surface area (Å²) in [6.07, 6.45) is 2.88. The highest BCUT2D eigenvalue weighted by Gasteiger charge is 2.22. The summed E-state index contributed by atoms with van der Waals surface area (Å²) in [4.78, 5) is 13.9. The second-order valence-corrected chi connectivity index (χ2v) is 5.75. The van der Waals surface area contributed by atoms with Crippen LogP contribution < -0.4 is 5.32 Å². The van der Waals surface area contributed by atoms with Gasteiger partial charge in [-0.2, -0.15) is 0 Å². The molecular formula is C17H26N2O2. The topological polar surface area (TPSA) is 41.6 Å². The number of ether oxygens (including phenoxy) is 1. The number of hydrogen-bond acceptors (Lipinski definition) is 2. The Morgan fingerprint density at radius 2 is 2.00 bits per heavy atom. The van der Waals surface area contributed by atoms with Crippen LogP contribution in [0.25, 0.3) is 0 Å². The molecule has 0 aliphatic carbocycles. The molecule has 4 heteroatoms. The minimum atomic E-state index is -0.00819. The predicted molar refractivity (Wildman–Crippen MR) is 84.3 cm³/mol. The van der Waals surface area contributed by atoms with E-state index >= 15 is 0 Å². The van der Waals surface area contributed by atoms with Gasteiger partial charge in [0.2, 0.25) is 0 Å². The predicted octanol–water partition coefficient (Wildman–Crippen LogP) is 2.96. The van der Waals surface area contributed by atoms with Gasteiger partial charge in [0.25, 0.3) is 0 Å². The zero-order chi connectivity index (χ0) is 15.2. The van der Waals surface area contributed by atoms with Gasteiger partial charge in [0, 0.05) is 26.1 Å². The minimum Gasteiger partial charge on any atom is -0.371 e. The SMILES string of the molecule is CCC(CC)NC(=O)N(C)CC1Cc2ccccc2CO1. The summed E-state index contributed by atoms with van der Waals surface area (Å²) < 4.78 is 5.86. The van der Waals surface area contributed by atoms with Gasteiger partial charge in [-0.3, -0.25) is 0 Å². The molecule has 0 fully saturated rings. The fraction of sp³-hybridized carbons (Fsp3) is 0.588. The van der Waals surface area contributed by atoms with Crippen molar-refractivity contribution < 1.29 is 9.53 Å². The second kappa shape index (κ2) is 7.46. The number of amides is 2. The van der Waals surface area contributed by atoms with Gasteiger partial charge in [0.05, 0.1) is 12.7 Å². The average Bonchev–Trinajstić information content (AvgIpc) is 2.52. The molecule has 1 aliphatic rings. The van der Waals surface area contributed by atoms with E-state index in [1.807, 2.05) is 13.1 Å². The number of urea groups is 1. The molecule has 0 spiro atoms. The Kier molecular flexibility index (Phi) is 5.62. The zero-order valence-electron chi connectivity index (χ0n) is 13.3. The highest BCUT2D eigenvalue weighted by atomic mass is 16.5. The van der Waals surface area contributed by atoms with Crippen molar-refractivity contribution in [1.82, 2.24) is 10.2 Å². The Morgan fingerprint density at radius 1 is 1.33 bits per heavy atom. The number of likely N-dealkylation sites (N-methyl/N-ethyl adjacent to an activating group) is 1. The lowest BCUT2D eigenvalue weighted by atomic mass is 9.99. The van der Waals surface area contributed by atoms with E-state index in [4.69, 9.17) is 4.74 Å². The molecule has 0 saturated heterocycles. The van der Waals surface area contributed by atoms with E-state index < -0.39 is 0 Å². The van der Waals surface area contributed by atoms with Crippen LogP contribution in [-0.4, -0.2) is 36.7 Å². The Morgan fingerprint density at radius 3 is 2.67 bits per heavy atom. The molecule has 21 heavy (non-hydrogen) atoms. The van der Waals surface area contributed by atoms with Crippen LogP contribution in [0.15, 0.2) is 24.3 Å². The standard InChI is InChI=1S/C17H26N2O2/c1-4-15(5-2)18-17(20)19(3)11-16-10-13-8-6-7-9-14(13)12-21-16/h6-9,15-16H,4-5,10-12H2,1-3H3,(H,18,20). The molecule has 2 amide bonds. The van der Waals surface area contributed by atoms with Gasteiger partial charge in [-0.25, -0.2) is 4.79 Å². The van der Waals surface area contributed by atoms with Gasteiger partial charge in [0.15, 0.2) is 0 Å². The van der Waals surface area contributed by atoms with Crippen molar-refractivity contribution in [3.05, 3.63) is 35.4 Å². The van der Waals surface area contributed by atoms with Crippen LogP contribution in [-0.2, 0) is 17.8 Å². The van der Waals surface area contributed by atoms with Gasteiger partial charge in [-0.1, -0.05) is 38.1 Å². The molecule has 4 nitrogen and oxygen atoms in total. The van der Waals surface area contributed by atoms with Crippen molar-refractivity contribution in [2.24, 2.45) is 0 Å².